The normalized spacial score (nSPS) is 32.0. The summed E-state index contributed by atoms with van der Waals surface area (Å²) >= 11 is 1.68. The van der Waals surface area contributed by atoms with Gasteiger partial charge in [-0.25, -0.2) is 9.37 Å². The standard InChI is InChI=1S/C20H22FN3O2S/c21-16-4-2-1-3-13(16)19(25)23-9-14-15-10-24(11-18-22-7-8-27-18)12-20(15)6-5-17(14)26-20/h1-4,7-8,14-15,17H,5-6,9-12H2,(H,23,25)/t14-,15+,17+,20+/m0/s1. The molecule has 0 saturated carbocycles. The van der Waals surface area contributed by atoms with Crippen molar-refractivity contribution in [1.29, 1.82) is 0 Å². The molecule has 3 saturated heterocycles. The topological polar surface area (TPSA) is 54.5 Å². The van der Waals surface area contributed by atoms with Crippen LogP contribution in [0, 0.1) is 17.7 Å². The first kappa shape index (κ1) is 17.3. The summed E-state index contributed by atoms with van der Waals surface area (Å²) in [6.07, 6.45) is 4.19. The third kappa shape index (κ3) is 2.98. The van der Waals surface area contributed by atoms with E-state index in [-0.39, 0.29) is 29.1 Å². The third-order valence-electron chi connectivity index (χ3n) is 6.31. The van der Waals surface area contributed by atoms with Crippen molar-refractivity contribution in [2.24, 2.45) is 11.8 Å². The van der Waals surface area contributed by atoms with E-state index in [0.29, 0.717) is 12.5 Å². The second-order valence-corrected chi connectivity index (χ2v) is 8.79. The van der Waals surface area contributed by atoms with Crippen molar-refractivity contribution in [2.75, 3.05) is 19.6 Å². The molecule has 1 spiro atoms. The van der Waals surface area contributed by atoms with Gasteiger partial charge in [0.05, 0.1) is 23.8 Å². The van der Waals surface area contributed by atoms with E-state index in [9.17, 15) is 9.18 Å². The molecule has 142 valence electrons. The van der Waals surface area contributed by atoms with Gasteiger partial charge in [0.25, 0.3) is 5.91 Å². The van der Waals surface area contributed by atoms with E-state index < -0.39 is 5.82 Å². The molecular weight excluding hydrogens is 365 g/mol. The molecule has 3 aliphatic rings. The number of aromatic nitrogens is 1. The summed E-state index contributed by atoms with van der Waals surface area (Å²) in [6, 6.07) is 6.11. The van der Waals surface area contributed by atoms with Gasteiger partial charge in [-0.1, -0.05) is 12.1 Å². The molecule has 3 aliphatic heterocycles. The maximum atomic E-state index is 13.8. The Morgan fingerprint density at radius 3 is 3.15 bits per heavy atom. The third-order valence-corrected chi connectivity index (χ3v) is 7.08. The highest BCUT2D eigenvalue weighted by atomic mass is 32.1. The van der Waals surface area contributed by atoms with Gasteiger partial charge in [-0.2, -0.15) is 0 Å². The molecule has 0 aliphatic carbocycles. The van der Waals surface area contributed by atoms with Gasteiger partial charge < -0.3 is 10.1 Å². The van der Waals surface area contributed by atoms with Gasteiger partial charge in [-0.3, -0.25) is 9.69 Å². The Labute approximate surface area is 161 Å². The Morgan fingerprint density at radius 2 is 2.33 bits per heavy atom. The fraction of sp³-hybridized carbons (Fsp3) is 0.500. The number of benzene rings is 1. The molecule has 0 radical (unpaired) electrons. The van der Waals surface area contributed by atoms with Crippen LogP contribution in [-0.2, 0) is 11.3 Å². The van der Waals surface area contributed by atoms with Crippen LogP contribution in [0.3, 0.4) is 0 Å². The molecule has 1 aromatic carbocycles. The van der Waals surface area contributed by atoms with Crippen LogP contribution in [-0.4, -0.2) is 47.1 Å². The van der Waals surface area contributed by atoms with E-state index in [4.69, 9.17) is 4.74 Å². The van der Waals surface area contributed by atoms with Crippen molar-refractivity contribution in [3.63, 3.8) is 0 Å². The fourth-order valence-corrected chi connectivity index (χ4v) is 5.81. The maximum Gasteiger partial charge on any atom is 0.254 e. The average Bonchev–Trinajstić information content (AvgIpc) is 3.41. The molecule has 2 bridgehead atoms. The lowest BCUT2D eigenvalue weighted by molar-refractivity contribution is 0.00212. The molecule has 1 aromatic heterocycles. The quantitative estimate of drug-likeness (QED) is 0.857. The summed E-state index contributed by atoms with van der Waals surface area (Å²) in [6.45, 7) is 3.30. The van der Waals surface area contributed by atoms with Crippen LogP contribution in [0.25, 0.3) is 0 Å². The number of hydrogen-bond acceptors (Lipinski definition) is 5. The lowest BCUT2D eigenvalue weighted by Gasteiger charge is -2.29. The largest absolute Gasteiger partial charge is 0.370 e. The summed E-state index contributed by atoms with van der Waals surface area (Å²) in [5.41, 5.74) is 0.0306. The van der Waals surface area contributed by atoms with Crippen LogP contribution in [0.5, 0.6) is 0 Å². The Balaban J connectivity index is 1.26. The minimum absolute atomic E-state index is 0.0741. The molecule has 4 heterocycles. The van der Waals surface area contributed by atoms with Crippen molar-refractivity contribution < 1.29 is 13.9 Å². The van der Waals surface area contributed by atoms with Crippen molar-refractivity contribution in [2.45, 2.75) is 31.1 Å². The number of nitrogens with one attached hydrogen (secondary N) is 1. The predicted octanol–water partition coefficient (Wildman–Crippen LogP) is 2.69. The number of carbonyl (C=O) groups is 1. The number of fused-ring (bicyclic) bond motifs is 1. The molecule has 1 amide bonds. The summed E-state index contributed by atoms with van der Waals surface area (Å²) in [4.78, 5) is 19.2. The SMILES string of the molecule is O=C(NC[C@H]1[C@H]2CN(Cc3nccs3)C[C@]23CC[C@H]1O3)c1ccccc1F. The van der Waals surface area contributed by atoms with Gasteiger partial charge in [0.2, 0.25) is 0 Å². The molecule has 4 atom stereocenters. The smallest absolute Gasteiger partial charge is 0.254 e. The Hall–Kier alpha value is -1.83. The number of amides is 1. The van der Waals surface area contributed by atoms with E-state index in [1.807, 2.05) is 11.6 Å². The Kier molecular flexibility index (Phi) is 4.26. The van der Waals surface area contributed by atoms with Gasteiger partial charge in [-0.15, -0.1) is 11.3 Å². The lowest BCUT2D eigenvalue weighted by atomic mass is 9.73. The van der Waals surface area contributed by atoms with Crippen molar-refractivity contribution >= 4 is 17.2 Å². The molecule has 27 heavy (non-hydrogen) atoms. The van der Waals surface area contributed by atoms with Crippen LogP contribution < -0.4 is 5.32 Å². The van der Waals surface area contributed by atoms with Gasteiger partial charge >= 0.3 is 0 Å². The average molecular weight is 387 g/mol. The summed E-state index contributed by atoms with van der Waals surface area (Å²) in [5.74, 6) is -0.124. The maximum absolute atomic E-state index is 13.8. The summed E-state index contributed by atoms with van der Waals surface area (Å²) in [7, 11) is 0. The highest BCUT2D eigenvalue weighted by molar-refractivity contribution is 7.09. The highest BCUT2D eigenvalue weighted by Gasteiger charge is 2.62. The molecule has 7 heteroatoms. The first-order valence-electron chi connectivity index (χ1n) is 9.46. The number of thiazole rings is 1. The lowest BCUT2D eigenvalue weighted by Crippen LogP contribution is -2.42. The number of nitrogens with zero attached hydrogens (tertiary/aromatic N) is 2. The Bertz CT molecular complexity index is 846. The van der Waals surface area contributed by atoms with E-state index in [1.54, 1.807) is 23.5 Å². The monoisotopic (exact) mass is 387 g/mol. The van der Waals surface area contributed by atoms with E-state index in [2.05, 4.69) is 15.2 Å². The molecule has 0 unspecified atom stereocenters. The zero-order valence-corrected chi connectivity index (χ0v) is 15.8. The number of likely N-dealkylation sites (tertiary alicyclic amines) is 1. The number of hydrogen-bond donors (Lipinski definition) is 1. The highest BCUT2D eigenvalue weighted by Crippen LogP contribution is 2.54. The second-order valence-electron chi connectivity index (χ2n) is 7.82. The van der Waals surface area contributed by atoms with Crippen LogP contribution in [0.4, 0.5) is 4.39 Å². The van der Waals surface area contributed by atoms with Gasteiger partial charge in [-0.05, 0) is 25.0 Å². The molecule has 5 nitrogen and oxygen atoms in total. The summed E-state index contributed by atoms with van der Waals surface area (Å²) in [5, 5.41) is 6.09. The van der Waals surface area contributed by atoms with Crippen LogP contribution in [0.15, 0.2) is 35.8 Å². The van der Waals surface area contributed by atoms with E-state index in [1.165, 1.54) is 12.1 Å². The molecule has 5 rings (SSSR count). The zero-order chi connectivity index (χ0) is 18.4. The van der Waals surface area contributed by atoms with Gasteiger partial charge in [0.1, 0.15) is 10.8 Å². The van der Waals surface area contributed by atoms with Crippen molar-refractivity contribution in [1.82, 2.24) is 15.2 Å². The van der Waals surface area contributed by atoms with E-state index in [0.717, 1.165) is 37.5 Å². The van der Waals surface area contributed by atoms with Crippen molar-refractivity contribution in [3.8, 4) is 0 Å². The number of ether oxygens (including phenoxy) is 1. The fourth-order valence-electron chi connectivity index (χ4n) is 5.15. The van der Waals surface area contributed by atoms with E-state index >= 15 is 0 Å². The van der Waals surface area contributed by atoms with Crippen LogP contribution in [0.1, 0.15) is 28.2 Å². The first-order valence-corrected chi connectivity index (χ1v) is 10.3. The van der Waals surface area contributed by atoms with Crippen LogP contribution in [0.2, 0.25) is 0 Å². The van der Waals surface area contributed by atoms with Crippen molar-refractivity contribution in [3.05, 3.63) is 52.2 Å². The number of halogens is 1. The number of carbonyl (C=O) groups excluding carboxylic acids is 1. The minimum Gasteiger partial charge on any atom is -0.370 e. The molecular formula is C20H22FN3O2S. The van der Waals surface area contributed by atoms with Gasteiger partial charge in [0, 0.05) is 43.0 Å². The first-order chi connectivity index (χ1) is 13.1. The van der Waals surface area contributed by atoms with Gasteiger partial charge in [0.15, 0.2) is 0 Å². The molecule has 1 N–H and O–H groups in total. The predicted molar refractivity (Wildman–Crippen MR) is 99.9 cm³/mol. The van der Waals surface area contributed by atoms with Crippen LogP contribution >= 0.6 is 11.3 Å². The number of rotatable bonds is 5. The zero-order valence-electron chi connectivity index (χ0n) is 14.9. The summed E-state index contributed by atoms with van der Waals surface area (Å²) < 4.78 is 20.3. The second kappa shape index (κ2) is 6.65. The Morgan fingerprint density at radius 1 is 1.44 bits per heavy atom. The minimum atomic E-state index is -0.480. The molecule has 2 aromatic rings. The molecule has 3 fully saturated rings.